The number of halogens is 1. The Morgan fingerprint density at radius 2 is 2.13 bits per heavy atom. The summed E-state index contributed by atoms with van der Waals surface area (Å²) in [5.41, 5.74) is 3.00. The molecule has 1 aliphatic rings. The highest BCUT2D eigenvalue weighted by molar-refractivity contribution is 6.31. The number of aromatic amines is 1. The Labute approximate surface area is 141 Å². The third kappa shape index (κ3) is 3.53. The number of amides is 1. The molecule has 1 aliphatic heterocycles. The van der Waals surface area contributed by atoms with Gasteiger partial charge in [0.15, 0.2) is 0 Å². The van der Waals surface area contributed by atoms with E-state index in [0.717, 1.165) is 22.3 Å². The summed E-state index contributed by atoms with van der Waals surface area (Å²) in [7, 11) is 0. The van der Waals surface area contributed by atoms with Crippen molar-refractivity contribution in [2.24, 2.45) is 0 Å². The second-order valence-corrected chi connectivity index (χ2v) is 7.23. The van der Waals surface area contributed by atoms with Crippen molar-refractivity contribution in [3.63, 3.8) is 0 Å². The molecule has 0 bridgehead atoms. The van der Waals surface area contributed by atoms with Crippen LogP contribution < -0.4 is 0 Å². The number of carbonyl (C=O) groups excluding carboxylic acids is 1. The summed E-state index contributed by atoms with van der Waals surface area (Å²) in [5.74, 6) is 0. The van der Waals surface area contributed by atoms with Crippen LogP contribution >= 0.6 is 11.6 Å². The topological polar surface area (TPSA) is 45.3 Å². The molecule has 3 rings (SSSR count). The van der Waals surface area contributed by atoms with Gasteiger partial charge >= 0.3 is 6.09 Å². The van der Waals surface area contributed by atoms with Gasteiger partial charge in [-0.15, -0.1) is 0 Å². The molecule has 0 radical (unpaired) electrons. The van der Waals surface area contributed by atoms with Crippen LogP contribution in [0.3, 0.4) is 0 Å². The number of benzene rings is 1. The second kappa shape index (κ2) is 5.93. The Hall–Kier alpha value is -1.94. The Bertz CT molecular complexity index is 771. The molecule has 0 saturated heterocycles. The molecular formula is C18H21ClN2O2. The molecule has 1 aromatic heterocycles. The van der Waals surface area contributed by atoms with Gasteiger partial charge in [-0.3, -0.25) is 0 Å². The Kier molecular flexibility index (Phi) is 4.11. The molecule has 0 atom stereocenters. The maximum absolute atomic E-state index is 12.1. The van der Waals surface area contributed by atoms with E-state index >= 15 is 0 Å². The predicted molar refractivity (Wildman–Crippen MR) is 93.7 cm³/mol. The molecule has 2 aromatic rings. The van der Waals surface area contributed by atoms with E-state index in [1.807, 2.05) is 45.2 Å². The quantitative estimate of drug-likeness (QED) is 0.811. The van der Waals surface area contributed by atoms with Crippen molar-refractivity contribution in [1.29, 1.82) is 0 Å². The summed E-state index contributed by atoms with van der Waals surface area (Å²) in [5, 5.41) is 1.88. The van der Waals surface area contributed by atoms with Crippen LogP contribution in [0.4, 0.5) is 4.79 Å². The van der Waals surface area contributed by atoms with E-state index in [2.05, 4.69) is 11.1 Å². The molecular weight excluding hydrogens is 312 g/mol. The van der Waals surface area contributed by atoms with Crippen LogP contribution in [0.15, 0.2) is 30.5 Å². The van der Waals surface area contributed by atoms with Crippen LogP contribution in [0.5, 0.6) is 0 Å². The van der Waals surface area contributed by atoms with Crippen molar-refractivity contribution in [1.82, 2.24) is 9.88 Å². The summed E-state index contributed by atoms with van der Waals surface area (Å²) in [6.07, 6.45) is 4.67. The molecule has 1 amide bonds. The first-order valence-corrected chi connectivity index (χ1v) is 8.15. The van der Waals surface area contributed by atoms with Gasteiger partial charge in [0.2, 0.25) is 0 Å². The fourth-order valence-corrected chi connectivity index (χ4v) is 2.94. The molecule has 1 N–H and O–H groups in total. The minimum atomic E-state index is -0.461. The molecule has 0 unspecified atom stereocenters. The lowest BCUT2D eigenvalue weighted by Crippen LogP contribution is -2.39. The van der Waals surface area contributed by atoms with Gasteiger partial charge < -0.3 is 14.6 Å². The van der Waals surface area contributed by atoms with Crippen LogP contribution in [-0.2, 0) is 4.74 Å². The standard InChI is InChI=1S/C18H21ClN2O2/c1-18(2,3)23-17(22)21-8-6-12(7-9-21)15-11-20-16-10-13(19)4-5-14(15)16/h4-6,10-11,20H,7-9H2,1-3H3. The molecule has 2 heterocycles. The van der Waals surface area contributed by atoms with Crippen LogP contribution in [0.1, 0.15) is 32.8 Å². The summed E-state index contributed by atoms with van der Waals surface area (Å²) >= 11 is 6.03. The lowest BCUT2D eigenvalue weighted by Gasteiger charge is -2.29. The zero-order chi connectivity index (χ0) is 16.6. The first-order chi connectivity index (χ1) is 10.8. The molecule has 0 saturated carbocycles. The fourth-order valence-electron chi connectivity index (χ4n) is 2.77. The van der Waals surface area contributed by atoms with Crippen LogP contribution in [0.2, 0.25) is 5.02 Å². The molecule has 0 aliphatic carbocycles. The predicted octanol–water partition coefficient (Wildman–Crippen LogP) is 4.85. The minimum absolute atomic E-state index is 0.251. The van der Waals surface area contributed by atoms with E-state index < -0.39 is 5.60 Å². The van der Waals surface area contributed by atoms with Crippen molar-refractivity contribution in [3.05, 3.63) is 41.1 Å². The van der Waals surface area contributed by atoms with Crippen molar-refractivity contribution in [2.75, 3.05) is 13.1 Å². The van der Waals surface area contributed by atoms with E-state index in [1.54, 1.807) is 4.90 Å². The van der Waals surface area contributed by atoms with Crippen molar-refractivity contribution >= 4 is 34.2 Å². The summed E-state index contributed by atoms with van der Waals surface area (Å²) in [4.78, 5) is 17.1. The molecule has 0 fully saturated rings. The third-order valence-electron chi connectivity index (χ3n) is 3.85. The lowest BCUT2D eigenvalue weighted by atomic mass is 9.99. The molecule has 1 aromatic carbocycles. The molecule has 5 heteroatoms. The number of hydrogen-bond donors (Lipinski definition) is 1. The van der Waals surface area contributed by atoms with E-state index in [9.17, 15) is 4.79 Å². The maximum atomic E-state index is 12.1. The van der Waals surface area contributed by atoms with E-state index in [4.69, 9.17) is 16.3 Å². The maximum Gasteiger partial charge on any atom is 0.410 e. The van der Waals surface area contributed by atoms with Crippen LogP contribution in [-0.4, -0.2) is 34.7 Å². The number of nitrogens with one attached hydrogen (secondary N) is 1. The van der Waals surface area contributed by atoms with Gasteiger partial charge in [-0.05, 0) is 44.9 Å². The summed E-state index contributed by atoms with van der Waals surface area (Å²) in [6.45, 7) is 6.89. The number of hydrogen-bond acceptors (Lipinski definition) is 2. The highest BCUT2D eigenvalue weighted by atomic mass is 35.5. The van der Waals surface area contributed by atoms with Gasteiger partial charge in [0.1, 0.15) is 5.60 Å². The Morgan fingerprint density at radius 3 is 2.78 bits per heavy atom. The van der Waals surface area contributed by atoms with Gasteiger partial charge in [-0.2, -0.15) is 0 Å². The number of rotatable bonds is 1. The van der Waals surface area contributed by atoms with Gasteiger partial charge in [0.25, 0.3) is 0 Å². The highest BCUT2D eigenvalue weighted by Crippen LogP contribution is 2.30. The number of fused-ring (bicyclic) bond motifs is 1. The average Bonchev–Trinajstić information content (AvgIpc) is 2.88. The van der Waals surface area contributed by atoms with E-state index in [0.29, 0.717) is 13.1 Å². The zero-order valence-corrected chi connectivity index (χ0v) is 14.4. The Balaban J connectivity index is 1.77. The molecule has 4 nitrogen and oxygen atoms in total. The first kappa shape index (κ1) is 15.9. The van der Waals surface area contributed by atoms with Crippen molar-refractivity contribution in [2.45, 2.75) is 32.8 Å². The first-order valence-electron chi connectivity index (χ1n) is 7.77. The second-order valence-electron chi connectivity index (χ2n) is 6.80. The fraction of sp³-hybridized carbons (Fsp3) is 0.389. The van der Waals surface area contributed by atoms with Gasteiger partial charge in [-0.25, -0.2) is 4.79 Å². The van der Waals surface area contributed by atoms with E-state index in [-0.39, 0.29) is 6.09 Å². The Morgan fingerprint density at radius 1 is 1.35 bits per heavy atom. The highest BCUT2D eigenvalue weighted by Gasteiger charge is 2.24. The van der Waals surface area contributed by atoms with E-state index in [1.165, 1.54) is 11.1 Å². The SMILES string of the molecule is CC(C)(C)OC(=O)N1CC=C(c2c[nH]c3cc(Cl)ccc23)CC1. The number of ether oxygens (including phenoxy) is 1. The third-order valence-corrected chi connectivity index (χ3v) is 4.09. The summed E-state index contributed by atoms with van der Waals surface area (Å²) in [6, 6.07) is 5.86. The monoisotopic (exact) mass is 332 g/mol. The number of carbonyl (C=O) groups is 1. The number of H-pyrrole nitrogens is 1. The number of nitrogens with zero attached hydrogens (tertiary/aromatic N) is 1. The van der Waals surface area contributed by atoms with Crippen LogP contribution in [0.25, 0.3) is 16.5 Å². The molecule has 23 heavy (non-hydrogen) atoms. The van der Waals surface area contributed by atoms with Crippen molar-refractivity contribution < 1.29 is 9.53 Å². The largest absolute Gasteiger partial charge is 0.444 e. The molecule has 0 spiro atoms. The molecule has 122 valence electrons. The van der Waals surface area contributed by atoms with Gasteiger partial charge in [0.05, 0.1) is 0 Å². The lowest BCUT2D eigenvalue weighted by molar-refractivity contribution is 0.0270. The zero-order valence-electron chi connectivity index (χ0n) is 13.6. The smallest absolute Gasteiger partial charge is 0.410 e. The average molecular weight is 333 g/mol. The minimum Gasteiger partial charge on any atom is -0.444 e. The normalized spacial score (nSPS) is 15.7. The van der Waals surface area contributed by atoms with Gasteiger partial charge in [-0.1, -0.05) is 23.7 Å². The van der Waals surface area contributed by atoms with Crippen molar-refractivity contribution in [3.8, 4) is 0 Å². The number of aromatic nitrogens is 1. The summed E-state index contributed by atoms with van der Waals surface area (Å²) < 4.78 is 5.42. The van der Waals surface area contributed by atoms with Crippen LogP contribution in [0, 0.1) is 0 Å². The van der Waals surface area contributed by atoms with Gasteiger partial charge in [0, 0.05) is 40.8 Å².